The highest BCUT2D eigenvalue weighted by Crippen LogP contribution is 2.42. The lowest BCUT2D eigenvalue weighted by Crippen LogP contribution is -2.33. The van der Waals surface area contributed by atoms with Gasteiger partial charge < -0.3 is 4.57 Å². The van der Waals surface area contributed by atoms with Gasteiger partial charge >= 0.3 is 0 Å². The lowest BCUT2D eigenvalue weighted by atomic mass is 10.2. The molecule has 0 saturated carbocycles. The van der Waals surface area contributed by atoms with Crippen molar-refractivity contribution >= 4 is 88.9 Å². The van der Waals surface area contributed by atoms with Gasteiger partial charge in [-0.25, -0.2) is 15.0 Å². The van der Waals surface area contributed by atoms with Crippen LogP contribution in [0.25, 0.3) is 82.9 Å². The van der Waals surface area contributed by atoms with Crippen LogP contribution in [0.3, 0.4) is 0 Å². The van der Waals surface area contributed by atoms with Crippen LogP contribution >= 0.6 is 7.14 Å². The van der Waals surface area contributed by atoms with Gasteiger partial charge in [0.05, 0.1) is 70.3 Å². The van der Waals surface area contributed by atoms with Crippen LogP contribution in [0.15, 0.2) is 183 Å². The van der Waals surface area contributed by atoms with E-state index in [1.165, 1.54) is 0 Å². The van der Waals surface area contributed by atoms with Gasteiger partial charge in [-0.15, -0.1) is 0 Å². The average molecular weight is 780 g/mol. The molecule has 12 rings (SSSR count). The van der Waals surface area contributed by atoms with Gasteiger partial charge in [-0.05, 0) is 36.4 Å². The van der Waals surface area contributed by atoms with Gasteiger partial charge in [0.1, 0.15) is 16.3 Å². The zero-order valence-corrected chi connectivity index (χ0v) is 32.1. The lowest BCUT2D eigenvalue weighted by Gasteiger charge is -2.19. The smallest absolute Gasteiger partial charge is 0.228 e. The van der Waals surface area contributed by atoms with Crippen LogP contribution < -0.4 is 16.3 Å². The molecule has 6 heterocycles. The maximum absolute atomic E-state index is 16.6. The summed E-state index contributed by atoms with van der Waals surface area (Å²) in [6.07, 6.45) is 9.78. The summed E-state index contributed by atoms with van der Waals surface area (Å²) in [6, 6.07) is 49.2. The van der Waals surface area contributed by atoms with Crippen molar-refractivity contribution in [3.05, 3.63) is 183 Å². The molecule has 12 aromatic rings. The molecule has 6 aromatic carbocycles. The summed E-state index contributed by atoms with van der Waals surface area (Å²) in [5, 5.41) is 6.46. The number of nitrogens with zero attached hydrogens (tertiary/aromatic N) is 9. The first-order valence-electron chi connectivity index (χ1n) is 19.2. The van der Waals surface area contributed by atoms with Crippen molar-refractivity contribution in [1.29, 1.82) is 0 Å². The summed E-state index contributed by atoms with van der Waals surface area (Å²) < 4.78 is 22.8. The Hall–Kier alpha value is -7.81. The van der Waals surface area contributed by atoms with Gasteiger partial charge in [0.2, 0.25) is 7.14 Å². The number of para-hydroxylation sites is 6. The molecule has 0 aliphatic carbocycles. The Balaban J connectivity index is 1.12. The molecule has 0 fully saturated rings. The Kier molecular flexibility index (Phi) is 7.27. The number of hydrogen-bond donors (Lipinski definition) is 0. The van der Waals surface area contributed by atoms with E-state index in [0.717, 1.165) is 65.4 Å². The van der Waals surface area contributed by atoms with Gasteiger partial charge in [0.15, 0.2) is 17.5 Å². The first-order chi connectivity index (χ1) is 29.2. The Morgan fingerprint density at radius 1 is 0.305 bits per heavy atom. The second kappa shape index (κ2) is 12.9. The molecule has 0 aliphatic rings. The third-order valence-electron chi connectivity index (χ3n) is 11.2. The van der Waals surface area contributed by atoms with Gasteiger partial charge in [-0.1, -0.05) is 109 Å². The largest absolute Gasteiger partial charge is 0.304 e. The summed E-state index contributed by atoms with van der Waals surface area (Å²) in [6.45, 7) is 0. The third kappa shape index (κ3) is 4.90. The third-order valence-corrected chi connectivity index (χ3v) is 13.8. The van der Waals surface area contributed by atoms with Crippen LogP contribution in [0.1, 0.15) is 0 Å². The minimum absolute atomic E-state index is 0.208. The summed E-state index contributed by atoms with van der Waals surface area (Å²) in [7, 11) is -4.09. The molecule has 278 valence electrons. The molecule has 10 nitrogen and oxygen atoms in total. The molecule has 0 unspecified atom stereocenters. The van der Waals surface area contributed by atoms with Crippen molar-refractivity contribution in [1.82, 2.24) is 43.6 Å². The average Bonchev–Trinajstić information content (AvgIpc) is 3.95. The first kappa shape index (κ1) is 33.3. The topological polar surface area (TPSA) is 109 Å². The van der Waals surface area contributed by atoms with Crippen LogP contribution in [-0.4, -0.2) is 43.6 Å². The monoisotopic (exact) mass is 779 g/mol. The Morgan fingerprint density at radius 3 is 0.763 bits per heavy atom. The van der Waals surface area contributed by atoms with Gasteiger partial charge in [-0.2, -0.15) is 0 Å². The van der Waals surface area contributed by atoms with E-state index in [1.807, 2.05) is 72.8 Å². The Labute approximate surface area is 336 Å². The van der Waals surface area contributed by atoms with Gasteiger partial charge in [0.25, 0.3) is 0 Å². The first-order valence-corrected chi connectivity index (χ1v) is 20.9. The molecule has 0 atom stereocenters. The molecule has 0 bridgehead atoms. The quantitative estimate of drug-likeness (QED) is 0.155. The highest BCUT2D eigenvalue weighted by atomic mass is 31.2. The molecule has 59 heavy (non-hydrogen) atoms. The number of rotatable bonds is 6. The zero-order valence-electron chi connectivity index (χ0n) is 31.2. The van der Waals surface area contributed by atoms with E-state index in [-0.39, 0.29) is 16.3 Å². The van der Waals surface area contributed by atoms with Crippen molar-refractivity contribution in [2.75, 3.05) is 0 Å². The summed E-state index contributed by atoms with van der Waals surface area (Å²) in [5.41, 5.74) is 6.35. The van der Waals surface area contributed by atoms with Crippen LogP contribution in [0, 0.1) is 0 Å². The standard InChI is InChI=1S/C48H30N9OP/c58-59(46-28-49-25-43(52-46)55-37-19-7-1-13-31(37)32-14-2-8-20-38(32)55,47-29-50-26-44(53-47)56-39-21-9-3-15-33(39)34-16-4-10-22-40(34)56)48-30-51-27-45(54-48)57-41-23-11-5-17-35(41)36-18-6-12-24-42(36)57/h1-30H. The predicted octanol–water partition coefficient (Wildman–Crippen LogP) is 8.99. The van der Waals surface area contributed by atoms with Crippen molar-refractivity contribution in [2.24, 2.45) is 0 Å². The molecule has 0 spiro atoms. The van der Waals surface area contributed by atoms with Gasteiger partial charge in [0, 0.05) is 32.3 Å². The molecule has 0 saturated heterocycles. The summed E-state index contributed by atoms with van der Waals surface area (Å²) in [5.74, 6) is 1.54. The van der Waals surface area contributed by atoms with Crippen LogP contribution in [0.2, 0.25) is 0 Å². The number of fused-ring (bicyclic) bond motifs is 9. The molecule has 6 aromatic heterocycles. The molecule has 0 N–H and O–H groups in total. The number of hydrogen-bond acceptors (Lipinski definition) is 7. The minimum Gasteiger partial charge on any atom is -0.304 e. The molecule has 0 aliphatic heterocycles. The van der Waals surface area contributed by atoms with Crippen molar-refractivity contribution in [2.45, 2.75) is 0 Å². The lowest BCUT2D eigenvalue weighted by molar-refractivity contribution is 0.590. The van der Waals surface area contributed by atoms with Gasteiger partial charge in [-0.3, -0.25) is 28.7 Å². The van der Waals surface area contributed by atoms with E-state index in [2.05, 4.69) is 86.5 Å². The molecule has 11 heteroatoms. The van der Waals surface area contributed by atoms with Crippen LogP contribution in [0.5, 0.6) is 0 Å². The summed E-state index contributed by atoms with van der Waals surface area (Å²) >= 11 is 0. The fraction of sp³-hybridized carbons (Fsp3) is 0. The number of benzene rings is 6. The second-order valence-electron chi connectivity index (χ2n) is 14.4. The molecular formula is C48H30N9OP. The number of aromatic nitrogens is 9. The van der Waals surface area contributed by atoms with E-state index in [9.17, 15) is 0 Å². The minimum atomic E-state index is -4.09. The van der Waals surface area contributed by atoms with E-state index in [0.29, 0.717) is 17.5 Å². The maximum atomic E-state index is 16.6. The van der Waals surface area contributed by atoms with E-state index >= 15 is 4.57 Å². The van der Waals surface area contributed by atoms with E-state index in [4.69, 9.17) is 29.9 Å². The molecular weight excluding hydrogens is 750 g/mol. The normalized spacial score (nSPS) is 12.1. The zero-order chi connectivity index (χ0) is 39.1. The van der Waals surface area contributed by atoms with Crippen molar-refractivity contribution < 1.29 is 4.57 Å². The van der Waals surface area contributed by atoms with Crippen molar-refractivity contribution in [3.8, 4) is 17.5 Å². The Bertz CT molecular complexity index is 3150. The predicted molar refractivity (Wildman–Crippen MR) is 236 cm³/mol. The molecule has 0 amide bonds. The summed E-state index contributed by atoms with van der Waals surface area (Å²) in [4.78, 5) is 29.8. The second-order valence-corrected chi connectivity index (χ2v) is 17.0. The molecule has 0 radical (unpaired) electrons. The fourth-order valence-electron chi connectivity index (χ4n) is 8.68. The van der Waals surface area contributed by atoms with E-state index < -0.39 is 7.14 Å². The maximum Gasteiger partial charge on any atom is 0.228 e. The SMILES string of the molecule is O=P(c1cncc(-n2c3ccccc3c3ccccc32)n1)(c1cncc(-n2c3ccccc3c3ccccc32)n1)c1cncc(-n2c3ccccc3c3ccccc32)n1. The fourth-order valence-corrected chi connectivity index (χ4v) is 10.8. The van der Waals surface area contributed by atoms with Crippen molar-refractivity contribution in [3.63, 3.8) is 0 Å². The van der Waals surface area contributed by atoms with Crippen LogP contribution in [-0.2, 0) is 4.57 Å². The van der Waals surface area contributed by atoms with E-state index in [1.54, 1.807) is 37.2 Å². The Morgan fingerprint density at radius 2 is 0.525 bits per heavy atom. The highest BCUT2D eigenvalue weighted by molar-refractivity contribution is 7.84. The van der Waals surface area contributed by atoms with Crippen LogP contribution in [0.4, 0.5) is 0 Å². The highest BCUT2D eigenvalue weighted by Gasteiger charge is 2.37.